The molecule has 0 aromatic heterocycles. The first-order valence-corrected chi connectivity index (χ1v) is 10.9. The third-order valence-corrected chi connectivity index (χ3v) is 4.95. The second-order valence-electron chi connectivity index (χ2n) is 7.87. The van der Waals surface area contributed by atoms with E-state index >= 15 is 0 Å². The molecule has 164 valence electrons. The molecule has 0 saturated heterocycles. The van der Waals surface area contributed by atoms with E-state index in [1.54, 1.807) is 0 Å². The molecule has 0 fully saturated rings. The zero-order chi connectivity index (χ0) is 21.4. The molecular weight excluding hydrogens is 360 g/mol. The number of ether oxygens (including phenoxy) is 1. The number of carbonyl (C=O) groups is 3. The van der Waals surface area contributed by atoms with E-state index in [9.17, 15) is 24.6 Å². The average Bonchev–Trinajstić information content (AvgIpc) is 2.64. The molecule has 0 aromatic carbocycles. The molecule has 0 heterocycles. The highest BCUT2D eigenvalue weighted by Gasteiger charge is 2.43. The van der Waals surface area contributed by atoms with Crippen LogP contribution in [-0.2, 0) is 19.1 Å². The summed E-state index contributed by atoms with van der Waals surface area (Å²) in [5.41, 5.74) is -2.51. The van der Waals surface area contributed by atoms with Crippen LogP contribution in [0.4, 0.5) is 0 Å². The Morgan fingerprint density at radius 3 is 1.61 bits per heavy atom. The third kappa shape index (κ3) is 12.2. The largest absolute Gasteiger partial charge is 0.391 e. The van der Waals surface area contributed by atoms with Crippen molar-refractivity contribution < 1.29 is 29.3 Å². The molecule has 28 heavy (non-hydrogen) atoms. The lowest BCUT2D eigenvalue weighted by atomic mass is 9.97. The van der Waals surface area contributed by atoms with E-state index in [1.807, 2.05) is 0 Å². The quantitative estimate of drug-likeness (QED) is 0.215. The van der Waals surface area contributed by atoms with Crippen molar-refractivity contribution in [3.63, 3.8) is 0 Å². The molecule has 0 aliphatic heterocycles. The van der Waals surface area contributed by atoms with Crippen molar-refractivity contribution in [3.05, 3.63) is 0 Å². The number of esters is 2. The standard InChI is InChI=1S/C22H40O6/c1-4-5-6-7-8-9-10-11-12-13-14-15-16-17-19(24)28-21(26)22(3,27)20(25)18(2)23/h18,23,27H,4-17H2,1-3H3. The van der Waals surface area contributed by atoms with Gasteiger partial charge in [0.15, 0.2) is 0 Å². The van der Waals surface area contributed by atoms with Crippen molar-refractivity contribution in [2.24, 2.45) is 0 Å². The summed E-state index contributed by atoms with van der Waals surface area (Å²) in [5.74, 6) is -3.18. The number of unbranched alkanes of at least 4 members (excludes halogenated alkanes) is 12. The number of Topliss-reactive ketones (excluding diaryl/α,β-unsaturated/α-hetero) is 1. The minimum absolute atomic E-state index is 0.0719. The molecule has 2 N–H and O–H groups in total. The Kier molecular flexibility index (Phi) is 14.9. The van der Waals surface area contributed by atoms with Crippen molar-refractivity contribution in [3.8, 4) is 0 Å². The third-order valence-electron chi connectivity index (χ3n) is 4.95. The first-order chi connectivity index (χ1) is 13.2. The topological polar surface area (TPSA) is 101 Å². The number of aliphatic hydroxyl groups excluding tert-OH is 1. The molecule has 2 atom stereocenters. The highest BCUT2D eigenvalue weighted by Crippen LogP contribution is 2.14. The minimum Gasteiger partial charge on any atom is -0.391 e. The van der Waals surface area contributed by atoms with E-state index in [0.717, 1.165) is 33.1 Å². The van der Waals surface area contributed by atoms with Gasteiger partial charge >= 0.3 is 11.9 Å². The minimum atomic E-state index is -2.51. The predicted octanol–water partition coefficient (Wildman–Crippen LogP) is 4.24. The molecule has 0 aliphatic carbocycles. The lowest BCUT2D eigenvalue weighted by molar-refractivity contribution is -0.177. The van der Waals surface area contributed by atoms with Crippen LogP contribution in [0.15, 0.2) is 0 Å². The second kappa shape index (κ2) is 15.6. The van der Waals surface area contributed by atoms with E-state index in [2.05, 4.69) is 11.7 Å². The van der Waals surface area contributed by atoms with Gasteiger partial charge in [-0.1, -0.05) is 84.0 Å². The molecule has 6 heteroatoms. The summed E-state index contributed by atoms with van der Waals surface area (Å²) >= 11 is 0. The van der Waals surface area contributed by atoms with Crippen LogP contribution in [0, 0.1) is 0 Å². The molecule has 0 bridgehead atoms. The maximum Gasteiger partial charge on any atom is 0.353 e. The fourth-order valence-corrected chi connectivity index (χ4v) is 3.05. The van der Waals surface area contributed by atoms with Crippen molar-refractivity contribution >= 4 is 17.7 Å². The molecule has 0 amide bonds. The summed E-state index contributed by atoms with van der Waals surface area (Å²) in [6.45, 7) is 4.29. The van der Waals surface area contributed by atoms with Crippen molar-refractivity contribution in [2.45, 2.75) is 122 Å². The number of aliphatic hydroxyl groups is 2. The van der Waals surface area contributed by atoms with Gasteiger partial charge < -0.3 is 14.9 Å². The van der Waals surface area contributed by atoms with Crippen LogP contribution in [0.1, 0.15) is 111 Å². The fourth-order valence-electron chi connectivity index (χ4n) is 3.05. The predicted molar refractivity (Wildman–Crippen MR) is 109 cm³/mol. The monoisotopic (exact) mass is 400 g/mol. The number of ketones is 1. The highest BCUT2D eigenvalue weighted by molar-refractivity contribution is 6.10. The molecule has 0 radical (unpaired) electrons. The fraction of sp³-hybridized carbons (Fsp3) is 0.864. The molecule has 0 saturated carbocycles. The lowest BCUT2D eigenvalue weighted by Gasteiger charge is -2.20. The first-order valence-electron chi connectivity index (χ1n) is 10.9. The zero-order valence-electron chi connectivity index (χ0n) is 18.0. The maximum absolute atomic E-state index is 11.7. The van der Waals surface area contributed by atoms with Gasteiger partial charge in [0.05, 0.1) is 0 Å². The van der Waals surface area contributed by atoms with Crippen LogP contribution in [0.3, 0.4) is 0 Å². The Balaban J connectivity index is 3.65. The van der Waals surface area contributed by atoms with Gasteiger partial charge in [-0.25, -0.2) is 4.79 Å². The normalized spacial score (nSPS) is 14.3. The average molecular weight is 401 g/mol. The maximum atomic E-state index is 11.7. The molecule has 0 aliphatic rings. The van der Waals surface area contributed by atoms with Gasteiger partial charge in [-0.3, -0.25) is 9.59 Å². The van der Waals surface area contributed by atoms with Crippen LogP contribution in [0.5, 0.6) is 0 Å². The Bertz CT molecular complexity index is 456. The van der Waals surface area contributed by atoms with Gasteiger partial charge in [0.25, 0.3) is 0 Å². The van der Waals surface area contributed by atoms with Crippen molar-refractivity contribution in [1.82, 2.24) is 0 Å². The van der Waals surface area contributed by atoms with Gasteiger partial charge in [-0.15, -0.1) is 0 Å². The van der Waals surface area contributed by atoms with Crippen LogP contribution in [-0.4, -0.2) is 39.6 Å². The Hall–Kier alpha value is -1.27. The van der Waals surface area contributed by atoms with Crippen molar-refractivity contribution in [2.75, 3.05) is 0 Å². The molecule has 0 spiro atoms. The highest BCUT2D eigenvalue weighted by atomic mass is 16.6. The summed E-state index contributed by atoms with van der Waals surface area (Å²) < 4.78 is 4.53. The summed E-state index contributed by atoms with van der Waals surface area (Å²) in [7, 11) is 0. The summed E-state index contributed by atoms with van der Waals surface area (Å²) in [4.78, 5) is 35.0. The summed E-state index contributed by atoms with van der Waals surface area (Å²) in [6, 6.07) is 0. The summed E-state index contributed by atoms with van der Waals surface area (Å²) in [5, 5.41) is 19.0. The van der Waals surface area contributed by atoms with E-state index < -0.39 is 29.4 Å². The van der Waals surface area contributed by atoms with Gasteiger partial charge in [0.1, 0.15) is 6.10 Å². The smallest absolute Gasteiger partial charge is 0.353 e. The number of hydrogen-bond acceptors (Lipinski definition) is 6. The lowest BCUT2D eigenvalue weighted by Crippen LogP contribution is -2.49. The van der Waals surface area contributed by atoms with E-state index in [0.29, 0.717) is 6.42 Å². The van der Waals surface area contributed by atoms with Gasteiger partial charge in [-0.2, -0.15) is 0 Å². The van der Waals surface area contributed by atoms with E-state index in [4.69, 9.17) is 0 Å². The second-order valence-corrected chi connectivity index (χ2v) is 7.87. The molecule has 6 nitrogen and oxygen atoms in total. The molecule has 0 aromatic rings. The molecule has 2 unspecified atom stereocenters. The van der Waals surface area contributed by atoms with Crippen LogP contribution >= 0.6 is 0 Å². The molecular formula is C22H40O6. The number of rotatable bonds is 17. The first kappa shape index (κ1) is 26.7. The van der Waals surface area contributed by atoms with Crippen LogP contribution in [0.25, 0.3) is 0 Å². The van der Waals surface area contributed by atoms with E-state index in [1.165, 1.54) is 57.8 Å². The number of hydrogen-bond donors (Lipinski definition) is 2. The van der Waals surface area contributed by atoms with Gasteiger partial charge in [0.2, 0.25) is 11.4 Å². The van der Waals surface area contributed by atoms with Gasteiger partial charge in [-0.05, 0) is 20.3 Å². The van der Waals surface area contributed by atoms with Gasteiger partial charge in [0, 0.05) is 6.42 Å². The zero-order valence-corrected chi connectivity index (χ0v) is 18.0. The SMILES string of the molecule is CCCCCCCCCCCCCCCC(=O)OC(=O)C(C)(O)C(=O)C(C)O. The Morgan fingerprint density at radius 2 is 1.21 bits per heavy atom. The summed E-state index contributed by atoms with van der Waals surface area (Å²) in [6.07, 6.45) is 14.0. The Labute approximate surface area is 170 Å². The molecule has 0 rings (SSSR count). The Morgan fingerprint density at radius 1 is 0.821 bits per heavy atom. The number of carbonyl (C=O) groups excluding carboxylic acids is 3. The van der Waals surface area contributed by atoms with E-state index in [-0.39, 0.29) is 6.42 Å². The van der Waals surface area contributed by atoms with Crippen LogP contribution < -0.4 is 0 Å². The van der Waals surface area contributed by atoms with Crippen molar-refractivity contribution in [1.29, 1.82) is 0 Å². The van der Waals surface area contributed by atoms with Crippen LogP contribution in [0.2, 0.25) is 0 Å².